The molecule has 21 heavy (non-hydrogen) atoms. The van der Waals surface area contributed by atoms with Gasteiger partial charge >= 0.3 is 0 Å². The van der Waals surface area contributed by atoms with E-state index in [0.717, 1.165) is 5.56 Å². The Balaban J connectivity index is 1.82. The van der Waals surface area contributed by atoms with Crippen LogP contribution in [-0.4, -0.2) is 8.42 Å². The summed E-state index contributed by atoms with van der Waals surface area (Å²) in [6, 6.07) is 16.4. The van der Waals surface area contributed by atoms with Crippen molar-refractivity contribution in [3.8, 4) is 0 Å². The molecular formula is C17H16O3S. The highest BCUT2D eigenvalue weighted by Crippen LogP contribution is 2.36. The Labute approximate surface area is 124 Å². The first-order valence-electron chi connectivity index (χ1n) is 6.78. The Bertz CT molecular complexity index is 759. The van der Waals surface area contributed by atoms with E-state index in [4.69, 9.17) is 4.74 Å². The Kier molecular flexibility index (Phi) is 3.55. The summed E-state index contributed by atoms with van der Waals surface area (Å²) in [4.78, 5) is 0.642. The van der Waals surface area contributed by atoms with Crippen molar-refractivity contribution in [2.24, 2.45) is 0 Å². The molecule has 0 saturated carbocycles. The maximum absolute atomic E-state index is 12.5. The molecule has 0 radical (unpaired) electrons. The van der Waals surface area contributed by atoms with E-state index in [1.807, 2.05) is 31.2 Å². The van der Waals surface area contributed by atoms with Gasteiger partial charge in [0.1, 0.15) is 6.10 Å². The molecule has 1 heterocycles. The predicted molar refractivity (Wildman–Crippen MR) is 81.3 cm³/mol. The van der Waals surface area contributed by atoms with Gasteiger partial charge in [0, 0.05) is 6.42 Å². The van der Waals surface area contributed by atoms with E-state index in [9.17, 15) is 8.42 Å². The van der Waals surface area contributed by atoms with Gasteiger partial charge in [-0.25, -0.2) is 8.42 Å². The molecule has 108 valence electrons. The Morgan fingerprint density at radius 1 is 1.00 bits per heavy atom. The first-order chi connectivity index (χ1) is 10.1. The molecule has 0 aromatic heterocycles. The van der Waals surface area contributed by atoms with Gasteiger partial charge in [-0.1, -0.05) is 48.0 Å². The van der Waals surface area contributed by atoms with Gasteiger partial charge in [-0.05, 0) is 24.6 Å². The molecule has 1 unspecified atom stereocenters. The summed E-state index contributed by atoms with van der Waals surface area (Å²) in [5.74, 6) is 0. The van der Waals surface area contributed by atoms with Crippen LogP contribution in [0.2, 0.25) is 0 Å². The minimum Gasteiger partial charge on any atom is -0.492 e. The van der Waals surface area contributed by atoms with Crippen molar-refractivity contribution in [3.63, 3.8) is 0 Å². The average molecular weight is 300 g/mol. The molecule has 0 amide bonds. The highest BCUT2D eigenvalue weighted by atomic mass is 32.2. The van der Waals surface area contributed by atoms with E-state index in [-0.39, 0.29) is 6.10 Å². The molecule has 3 rings (SSSR count). The lowest BCUT2D eigenvalue weighted by Gasteiger charge is -2.11. The largest absolute Gasteiger partial charge is 0.492 e. The van der Waals surface area contributed by atoms with E-state index >= 15 is 0 Å². The Hall–Kier alpha value is -2.07. The van der Waals surface area contributed by atoms with Gasteiger partial charge in [0.05, 0.1) is 16.1 Å². The van der Waals surface area contributed by atoms with Crippen LogP contribution >= 0.6 is 0 Å². The summed E-state index contributed by atoms with van der Waals surface area (Å²) in [7, 11) is -3.45. The van der Waals surface area contributed by atoms with Crippen molar-refractivity contribution in [2.45, 2.75) is 24.3 Å². The topological polar surface area (TPSA) is 43.4 Å². The Morgan fingerprint density at radius 3 is 2.33 bits per heavy atom. The van der Waals surface area contributed by atoms with E-state index < -0.39 is 9.84 Å². The summed E-state index contributed by atoms with van der Waals surface area (Å²) < 4.78 is 30.6. The van der Waals surface area contributed by atoms with Gasteiger partial charge in [0.2, 0.25) is 9.84 Å². The third-order valence-corrected chi connectivity index (χ3v) is 5.44. The smallest absolute Gasteiger partial charge is 0.205 e. The molecule has 1 aliphatic heterocycles. The van der Waals surface area contributed by atoms with Gasteiger partial charge in [-0.15, -0.1) is 0 Å². The van der Waals surface area contributed by atoms with Crippen LogP contribution in [0.5, 0.6) is 0 Å². The van der Waals surface area contributed by atoms with E-state index in [2.05, 4.69) is 0 Å². The van der Waals surface area contributed by atoms with Crippen LogP contribution in [0.3, 0.4) is 0 Å². The highest BCUT2D eigenvalue weighted by Gasteiger charge is 2.30. The monoisotopic (exact) mass is 300 g/mol. The normalized spacial score (nSPS) is 18.1. The van der Waals surface area contributed by atoms with Crippen molar-refractivity contribution in [2.75, 3.05) is 0 Å². The van der Waals surface area contributed by atoms with Crippen LogP contribution in [-0.2, 0) is 14.6 Å². The summed E-state index contributed by atoms with van der Waals surface area (Å²) in [6.45, 7) is 2.02. The number of hydrogen-bond donors (Lipinski definition) is 0. The molecule has 2 aromatic carbocycles. The summed E-state index contributed by atoms with van der Waals surface area (Å²) in [6.07, 6.45) is 1.53. The number of rotatable bonds is 3. The van der Waals surface area contributed by atoms with Crippen molar-refractivity contribution in [1.29, 1.82) is 0 Å². The number of aryl methyl sites for hydroxylation is 1. The van der Waals surface area contributed by atoms with Gasteiger partial charge in [0.25, 0.3) is 0 Å². The lowest BCUT2D eigenvalue weighted by Crippen LogP contribution is -2.04. The third kappa shape index (κ3) is 2.72. The van der Waals surface area contributed by atoms with E-state index in [1.165, 1.54) is 11.8 Å². The zero-order chi connectivity index (χ0) is 14.9. The zero-order valence-corrected chi connectivity index (χ0v) is 12.5. The average Bonchev–Trinajstić information content (AvgIpc) is 2.99. The van der Waals surface area contributed by atoms with Crippen LogP contribution in [0.25, 0.3) is 0 Å². The molecular weight excluding hydrogens is 284 g/mol. The molecule has 0 fully saturated rings. The fourth-order valence-corrected chi connectivity index (χ4v) is 3.71. The predicted octanol–water partition coefficient (Wildman–Crippen LogP) is 3.77. The van der Waals surface area contributed by atoms with Crippen molar-refractivity contribution >= 4 is 9.84 Å². The second-order valence-corrected chi connectivity index (χ2v) is 7.14. The Morgan fingerprint density at radius 2 is 1.67 bits per heavy atom. The van der Waals surface area contributed by atoms with Gasteiger partial charge in [0.15, 0.2) is 0 Å². The van der Waals surface area contributed by atoms with Gasteiger partial charge in [-0.2, -0.15) is 0 Å². The highest BCUT2D eigenvalue weighted by molar-refractivity contribution is 7.95. The van der Waals surface area contributed by atoms with Crippen LogP contribution in [0, 0.1) is 6.92 Å². The lowest BCUT2D eigenvalue weighted by atomic mass is 10.1. The minimum atomic E-state index is -3.45. The van der Waals surface area contributed by atoms with Crippen LogP contribution < -0.4 is 0 Å². The lowest BCUT2D eigenvalue weighted by molar-refractivity contribution is 0.173. The van der Waals surface area contributed by atoms with Crippen molar-refractivity contribution in [3.05, 3.63) is 76.9 Å². The van der Waals surface area contributed by atoms with Crippen molar-refractivity contribution < 1.29 is 13.2 Å². The first kappa shape index (κ1) is 13.9. The number of sulfone groups is 1. The van der Waals surface area contributed by atoms with Crippen molar-refractivity contribution in [1.82, 2.24) is 0 Å². The molecule has 2 aromatic rings. The number of hydrogen-bond acceptors (Lipinski definition) is 3. The summed E-state index contributed by atoms with van der Waals surface area (Å²) >= 11 is 0. The minimum absolute atomic E-state index is 0.223. The fraction of sp³-hybridized carbons (Fsp3) is 0.176. The molecule has 1 aliphatic rings. The summed E-state index contributed by atoms with van der Waals surface area (Å²) in [5.41, 5.74) is 2.16. The molecule has 0 saturated heterocycles. The SMILES string of the molecule is Cc1ccc(C2CC(S(=O)(=O)c3ccccc3)=CO2)cc1. The molecule has 0 bridgehead atoms. The van der Waals surface area contributed by atoms with Crippen LogP contribution in [0.15, 0.2) is 70.7 Å². The van der Waals surface area contributed by atoms with Gasteiger partial charge in [-0.3, -0.25) is 0 Å². The fourth-order valence-electron chi connectivity index (χ4n) is 2.34. The van der Waals surface area contributed by atoms with Crippen LogP contribution in [0.4, 0.5) is 0 Å². The molecule has 0 aliphatic carbocycles. The zero-order valence-electron chi connectivity index (χ0n) is 11.7. The van der Waals surface area contributed by atoms with Crippen LogP contribution in [0.1, 0.15) is 23.7 Å². The second kappa shape index (κ2) is 5.37. The standard InChI is InChI=1S/C17H16O3S/c1-13-7-9-14(10-8-13)17-11-16(12-20-17)21(18,19)15-5-3-2-4-6-15/h2-10,12,17H,11H2,1H3. The molecule has 0 N–H and O–H groups in total. The maximum atomic E-state index is 12.5. The molecule has 1 atom stereocenters. The number of benzene rings is 2. The maximum Gasteiger partial charge on any atom is 0.205 e. The van der Waals surface area contributed by atoms with E-state index in [0.29, 0.717) is 16.2 Å². The third-order valence-electron chi connectivity index (χ3n) is 3.60. The molecule has 3 nitrogen and oxygen atoms in total. The van der Waals surface area contributed by atoms with Gasteiger partial charge < -0.3 is 4.74 Å². The molecule has 4 heteroatoms. The molecule has 0 spiro atoms. The summed E-state index contributed by atoms with van der Waals surface area (Å²) in [5, 5.41) is 0. The quantitative estimate of drug-likeness (QED) is 0.866. The first-order valence-corrected chi connectivity index (χ1v) is 8.27. The van der Waals surface area contributed by atoms with E-state index in [1.54, 1.807) is 30.3 Å². The second-order valence-electron chi connectivity index (χ2n) is 5.14. The number of ether oxygens (including phenoxy) is 1.